The minimum absolute atomic E-state index is 0.0826. The summed E-state index contributed by atoms with van der Waals surface area (Å²) in [6.45, 7) is 10.2. The topological polar surface area (TPSA) is 78.3 Å². The van der Waals surface area contributed by atoms with E-state index in [-0.39, 0.29) is 18.5 Å². The predicted molar refractivity (Wildman–Crippen MR) is 120 cm³/mol. The third kappa shape index (κ3) is 4.39. The van der Waals surface area contributed by atoms with Gasteiger partial charge in [-0.05, 0) is 69.5 Å². The Morgan fingerprint density at radius 2 is 1.87 bits per heavy atom. The van der Waals surface area contributed by atoms with Crippen molar-refractivity contribution in [2.24, 2.45) is 0 Å². The number of carbonyl (C=O) groups excluding carboxylic acids is 1. The molecule has 0 atom stereocenters. The molecule has 31 heavy (non-hydrogen) atoms. The SMILES string of the molecule is Cc1ccc(C)c(-n2c(C)nnc2SCC(=O)NC(C)(C)c2ccc3c(c2)OCO3)c1. The van der Waals surface area contributed by atoms with E-state index in [1.807, 2.05) is 43.5 Å². The lowest BCUT2D eigenvalue weighted by Crippen LogP contribution is -2.41. The lowest BCUT2D eigenvalue weighted by molar-refractivity contribution is -0.120. The third-order valence-corrected chi connectivity index (χ3v) is 6.21. The summed E-state index contributed by atoms with van der Waals surface area (Å²) < 4.78 is 12.8. The van der Waals surface area contributed by atoms with Gasteiger partial charge in [0.15, 0.2) is 16.7 Å². The van der Waals surface area contributed by atoms with Gasteiger partial charge in [-0.1, -0.05) is 30.0 Å². The minimum atomic E-state index is -0.560. The molecule has 2 aromatic carbocycles. The molecule has 0 unspecified atom stereocenters. The van der Waals surface area contributed by atoms with E-state index in [1.165, 1.54) is 11.8 Å². The molecule has 1 aromatic heterocycles. The third-order valence-electron chi connectivity index (χ3n) is 5.28. The molecule has 1 N–H and O–H groups in total. The van der Waals surface area contributed by atoms with Crippen LogP contribution < -0.4 is 14.8 Å². The summed E-state index contributed by atoms with van der Waals surface area (Å²) in [5, 5.41) is 12.3. The van der Waals surface area contributed by atoms with Crippen LogP contribution in [0.5, 0.6) is 11.5 Å². The van der Waals surface area contributed by atoms with Crippen LogP contribution in [0.4, 0.5) is 0 Å². The van der Waals surface area contributed by atoms with Crippen molar-refractivity contribution in [2.45, 2.75) is 45.3 Å². The summed E-state index contributed by atoms with van der Waals surface area (Å²) in [4.78, 5) is 12.8. The number of thioether (sulfide) groups is 1. The Kier molecular flexibility index (Phi) is 5.66. The average Bonchev–Trinajstić information content (AvgIpc) is 3.33. The van der Waals surface area contributed by atoms with E-state index in [1.54, 1.807) is 0 Å². The quantitative estimate of drug-likeness (QED) is 0.585. The maximum atomic E-state index is 12.8. The summed E-state index contributed by atoms with van der Waals surface area (Å²) in [6, 6.07) is 12.0. The molecule has 3 aromatic rings. The number of carbonyl (C=O) groups is 1. The number of hydrogen-bond donors (Lipinski definition) is 1. The molecule has 0 fully saturated rings. The van der Waals surface area contributed by atoms with Gasteiger partial charge in [0.1, 0.15) is 5.82 Å². The average molecular weight is 439 g/mol. The predicted octanol–water partition coefficient (Wildman–Crippen LogP) is 4.06. The highest BCUT2D eigenvalue weighted by atomic mass is 32.2. The van der Waals surface area contributed by atoms with Crippen molar-refractivity contribution in [3.63, 3.8) is 0 Å². The molecule has 0 saturated heterocycles. The van der Waals surface area contributed by atoms with Crippen LogP contribution in [0.3, 0.4) is 0 Å². The molecule has 0 aliphatic carbocycles. The maximum absolute atomic E-state index is 12.8. The van der Waals surface area contributed by atoms with E-state index < -0.39 is 5.54 Å². The summed E-state index contributed by atoms with van der Waals surface area (Å²) in [5.74, 6) is 2.36. The molecular formula is C23H26N4O3S. The smallest absolute Gasteiger partial charge is 0.231 e. The van der Waals surface area contributed by atoms with Gasteiger partial charge in [0.2, 0.25) is 12.7 Å². The van der Waals surface area contributed by atoms with Crippen LogP contribution in [0.25, 0.3) is 5.69 Å². The second-order valence-corrected chi connectivity index (χ2v) is 9.13. The first-order valence-corrected chi connectivity index (χ1v) is 11.1. The van der Waals surface area contributed by atoms with Crippen LogP contribution in [0, 0.1) is 20.8 Å². The summed E-state index contributed by atoms with van der Waals surface area (Å²) >= 11 is 1.37. The van der Waals surface area contributed by atoms with Crippen LogP contribution in [0.1, 0.15) is 36.4 Å². The second kappa shape index (κ2) is 8.26. The zero-order valence-electron chi connectivity index (χ0n) is 18.4. The van der Waals surface area contributed by atoms with Crippen molar-refractivity contribution < 1.29 is 14.3 Å². The zero-order chi connectivity index (χ0) is 22.2. The van der Waals surface area contributed by atoms with E-state index in [4.69, 9.17) is 9.47 Å². The molecule has 1 amide bonds. The minimum Gasteiger partial charge on any atom is -0.454 e. The van der Waals surface area contributed by atoms with Crippen molar-refractivity contribution >= 4 is 17.7 Å². The van der Waals surface area contributed by atoms with E-state index in [0.29, 0.717) is 10.9 Å². The molecule has 0 radical (unpaired) electrons. The van der Waals surface area contributed by atoms with Gasteiger partial charge in [0.05, 0.1) is 17.0 Å². The Morgan fingerprint density at radius 3 is 2.68 bits per heavy atom. The molecule has 0 bridgehead atoms. The Labute approximate surface area is 186 Å². The van der Waals surface area contributed by atoms with E-state index >= 15 is 0 Å². The van der Waals surface area contributed by atoms with Gasteiger partial charge >= 0.3 is 0 Å². The standard InChI is InChI=1S/C23H26N4O3S/c1-14-6-7-15(2)18(10-14)27-16(3)25-26-22(27)31-12-21(28)24-23(4,5)17-8-9-19-20(11-17)30-13-29-19/h6-11H,12-13H2,1-5H3,(H,24,28). The molecule has 1 aliphatic heterocycles. The normalized spacial score (nSPS) is 12.8. The number of aryl methyl sites for hydroxylation is 3. The summed E-state index contributed by atoms with van der Waals surface area (Å²) in [6.07, 6.45) is 0. The molecule has 8 heteroatoms. The number of ether oxygens (including phenoxy) is 2. The fourth-order valence-corrected chi connectivity index (χ4v) is 4.34. The Balaban J connectivity index is 1.47. The van der Waals surface area contributed by atoms with Crippen molar-refractivity contribution in [1.29, 1.82) is 0 Å². The van der Waals surface area contributed by atoms with Crippen LogP contribution in [0.2, 0.25) is 0 Å². The molecule has 162 valence electrons. The summed E-state index contributed by atoms with van der Waals surface area (Å²) in [7, 11) is 0. The van der Waals surface area contributed by atoms with Gasteiger partial charge in [-0.2, -0.15) is 0 Å². The molecule has 4 rings (SSSR count). The van der Waals surface area contributed by atoms with Gasteiger partial charge in [-0.25, -0.2) is 0 Å². The van der Waals surface area contributed by atoms with Crippen molar-refractivity contribution in [3.8, 4) is 17.2 Å². The zero-order valence-corrected chi connectivity index (χ0v) is 19.2. The van der Waals surface area contributed by atoms with Crippen molar-refractivity contribution in [2.75, 3.05) is 12.5 Å². The Morgan fingerprint density at radius 1 is 1.10 bits per heavy atom. The fraction of sp³-hybridized carbons (Fsp3) is 0.348. The molecule has 2 heterocycles. The molecular weight excluding hydrogens is 412 g/mol. The number of amides is 1. The number of rotatable bonds is 6. The van der Waals surface area contributed by atoms with Crippen LogP contribution in [0.15, 0.2) is 41.6 Å². The van der Waals surface area contributed by atoms with E-state index in [0.717, 1.165) is 34.0 Å². The first-order valence-electron chi connectivity index (χ1n) is 10.1. The number of fused-ring (bicyclic) bond motifs is 1. The molecule has 0 saturated carbocycles. The fourth-order valence-electron chi connectivity index (χ4n) is 3.55. The Hall–Kier alpha value is -3.00. The van der Waals surface area contributed by atoms with Crippen molar-refractivity contribution in [1.82, 2.24) is 20.1 Å². The first-order chi connectivity index (χ1) is 14.7. The largest absolute Gasteiger partial charge is 0.454 e. The number of aromatic nitrogens is 3. The maximum Gasteiger partial charge on any atom is 0.231 e. The van der Waals surface area contributed by atoms with Gasteiger partial charge in [-0.3, -0.25) is 9.36 Å². The van der Waals surface area contributed by atoms with Gasteiger partial charge in [0, 0.05) is 0 Å². The van der Waals surface area contributed by atoms with Crippen LogP contribution in [-0.2, 0) is 10.3 Å². The van der Waals surface area contributed by atoms with E-state index in [2.05, 4.69) is 47.6 Å². The van der Waals surface area contributed by atoms with Gasteiger partial charge in [-0.15, -0.1) is 10.2 Å². The number of hydrogen-bond acceptors (Lipinski definition) is 6. The summed E-state index contributed by atoms with van der Waals surface area (Å²) in [5.41, 5.74) is 3.71. The highest BCUT2D eigenvalue weighted by molar-refractivity contribution is 7.99. The second-order valence-electron chi connectivity index (χ2n) is 8.19. The molecule has 1 aliphatic rings. The monoisotopic (exact) mass is 438 g/mol. The lowest BCUT2D eigenvalue weighted by Gasteiger charge is -2.27. The van der Waals surface area contributed by atoms with Gasteiger partial charge in [0.25, 0.3) is 0 Å². The number of nitrogens with one attached hydrogen (secondary N) is 1. The van der Waals surface area contributed by atoms with Gasteiger partial charge < -0.3 is 14.8 Å². The molecule has 7 nitrogen and oxygen atoms in total. The molecule has 0 spiro atoms. The number of nitrogens with zero attached hydrogens (tertiary/aromatic N) is 3. The number of benzene rings is 2. The Bertz CT molecular complexity index is 1140. The van der Waals surface area contributed by atoms with Crippen LogP contribution >= 0.6 is 11.8 Å². The highest BCUT2D eigenvalue weighted by Gasteiger charge is 2.26. The highest BCUT2D eigenvalue weighted by Crippen LogP contribution is 2.35. The lowest BCUT2D eigenvalue weighted by atomic mass is 9.94. The van der Waals surface area contributed by atoms with Crippen molar-refractivity contribution in [3.05, 3.63) is 58.9 Å². The van der Waals surface area contributed by atoms with Crippen LogP contribution in [-0.4, -0.2) is 33.2 Å². The first kappa shape index (κ1) is 21.2. The van der Waals surface area contributed by atoms with E-state index in [9.17, 15) is 4.79 Å².